The molecule has 3 rings (SSSR count). The minimum atomic E-state index is -4.06. The van der Waals surface area contributed by atoms with Crippen LogP contribution in [0.4, 0.5) is 5.69 Å². The lowest BCUT2D eigenvalue weighted by molar-refractivity contribution is -0.119. The Morgan fingerprint density at radius 2 is 1.66 bits per heavy atom. The number of hydrogen-bond acceptors (Lipinski definition) is 4. The summed E-state index contributed by atoms with van der Waals surface area (Å²) < 4.78 is 33.7. The van der Waals surface area contributed by atoms with Crippen LogP contribution in [0.3, 0.4) is 0 Å². The molecule has 0 aromatic heterocycles. The van der Waals surface area contributed by atoms with E-state index in [0.29, 0.717) is 23.9 Å². The number of rotatable bonds is 9. The Labute approximate surface area is 193 Å². The number of carbonyl (C=O) groups excluding carboxylic acids is 1. The van der Waals surface area contributed by atoms with E-state index in [-0.39, 0.29) is 10.6 Å². The van der Waals surface area contributed by atoms with Crippen LogP contribution in [0.15, 0.2) is 77.7 Å². The van der Waals surface area contributed by atoms with Crippen molar-refractivity contribution in [3.05, 3.63) is 88.9 Å². The zero-order valence-electron chi connectivity index (χ0n) is 17.9. The first-order valence-corrected chi connectivity index (χ1v) is 12.0. The van der Waals surface area contributed by atoms with Gasteiger partial charge in [0.25, 0.3) is 10.0 Å². The van der Waals surface area contributed by atoms with Crippen molar-refractivity contribution in [2.75, 3.05) is 17.5 Å². The summed E-state index contributed by atoms with van der Waals surface area (Å²) in [6, 6.07) is 20.3. The van der Waals surface area contributed by atoms with E-state index in [0.717, 1.165) is 15.4 Å². The van der Waals surface area contributed by atoms with Gasteiger partial charge in [0.15, 0.2) is 0 Å². The molecule has 168 valence electrons. The van der Waals surface area contributed by atoms with E-state index in [1.165, 1.54) is 24.3 Å². The first-order chi connectivity index (χ1) is 15.3. The zero-order chi connectivity index (χ0) is 23.1. The summed E-state index contributed by atoms with van der Waals surface area (Å²) in [5.41, 5.74) is 2.29. The van der Waals surface area contributed by atoms with Crippen molar-refractivity contribution >= 4 is 33.2 Å². The number of ether oxygens (including phenoxy) is 1. The quantitative estimate of drug-likeness (QED) is 0.495. The van der Waals surface area contributed by atoms with Crippen LogP contribution >= 0.6 is 11.6 Å². The number of sulfonamides is 1. The van der Waals surface area contributed by atoms with Gasteiger partial charge < -0.3 is 10.1 Å². The minimum Gasteiger partial charge on any atom is -0.492 e. The fourth-order valence-electron chi connectivity index (χ4n) is 3.16. The Kier molecular flexibility index (Phi) is 7.77. The van der Waals surface area contributed by atoms with Gasteiger partial charge in [0, 0.05) is 11.6 Å². The molecule has 0 heterocycles. The predicted octanol–water partition coefficient (Wildman–Crippen LogP) is 4.56. The number of hydrogen-bond donors (Lipinski definition) is 1. The van der Waals surface area contributed by atoms with Gasteiger partial charge in [-0.1, -0.05) is 48.0 Å². The number of carbonyl (C=O) groups is 1. The number of halogens is 1. The van der Waals surface area contributed by atoms with Crippen LogP contribution < -0.4 is 14.4 Å². The molecular formula is C24H25ClN2O4S. The maximum Gasteiger partial charge on any atom is 0.264 e. The van der Waals surface area contributed by atoms with Crippen LogP contribution in [-0.4, -0.2) is 27.5 Å². The first kappa shape index (κ1) is 23.6. The fourth-order valence-corrected chi connectivity index (χ4v) is 4.72. The second kappa shape index (κ2) is 10.5. The Hall–Kier alpha value is -3.03. The van der Waals surface area contributed by atoms with Gasteiger partial charge in [-0.05, 0) is 61.4 Å². The Bertz CT molecular complexity index is 1180. The van der Waals surface area contributed by atoms with E-state index in [1.807, 2.05) is 38.1 Å². The smallest absolute Gasteiger partial charge is 0.264 e. The highest BCUT2D eigenvalue weighted by molar-refractivity contribution is 7.92. The van der Waals surface area contributed by atoms with Crippen molar-refractivity contribution in [3.8, 4) is 5.75 Å². The van der Waals surface area contributed by atoms with E-state index in [1.54, 1.807) is 24.3 Å². The van der Waals surface area contributed by atoms with Gasteiger partial charge in [0.2, 0.25) is 5.91 Å². The van der Waals surface area contributed by atoms with Crippen molar-refractivity contribution < 1.29 is 17.9 Å². The minimum absolute atomic E-state index is 0.0277. The molecule has 0 saturated carbocycles. The normalized spacial score (nSPS) is 11.1. The zero-order valence-corrected chi connectivity index (χ0v) is 19.5. The van der Waals surface area contributed by atoms with Gasteiger partial charge in [-0.25, -0.2) is 8.42 Å². The van der Waals surface area contributed by atoms with Gasteiger partial charge in [-0.3, -0.25) is 9.10 Å². The lowest BCUT2D eigenvalue weighted by Crippen LogP contribution is -2.41. The molecule has 0 aliphatic heterocycles. The van der Waals surface area contributed by atoms with Crippen LogP contribution in [-0.2, 0) is 21.4 Å². The molecular weight excluding hydrogens is 448 g/mol. The lowest BCUT2D eigenvalue weighted by Gasteiger charge is -2.26. The van der Waals surface area contributed by atoms with E-state index >= 15 is 0 Å². The van der Waals surface area contributed by atoms with E-state index in [2.05, 4.69) is 5.32 Å². The number of nitrogens with zero attached hydrogens (tertiary/aromatic N) is 1. The third kappa shape index (κ3) is 5.60. The number of amides is 1. The molecule has 0 aliphatic rings. The van der Waals surface area contributed by atoms with Gasteiger partial charge in [0.05, 0.1) is 17.2 Å². The SMILES string of the molecule is CCOc1ccccc1N(CC(=O)NCc1ccccc1C)S(=O)(=O)c1ccc(Cl)cc1. The Morgan fingerprint density at radius 3 is 2.34 bits per heavy atom. The molecule has 0 atom stereocenters. The Morgan fingerprint density at radius 1 is 1.00 bits per heavy atom. The van der Waals surface area contributed by atoms with Crippen molar-refractivity contribution in [2.45, 2.75) is 25.3 Å². The molecule has 32 heavy (non-hydrogen) atoms. The molecule has 0 radical (unpaired) electrons. The van der Waals surface area contributed by atoms with Crippen molar-refractivity contribution in [3.63, 3.8) is 0 Å². The van der Waals surface area contributed by atoms with E-state index in [9.17, 15) is 13.2 Å². The third-order valence-corrected chi connectivity index (χ3v) is 6.89. The molecule has 0 unspecified atom stereocenters. The van der Waals surface area contributed by atoms with Crippen LogP contribution in [0, 0.1) is 6.92 Å². The van der Waals surface area contributed by atoms with E-state index in [4.69, 9.17) is 16.3 Å². The average Bonchev–Trinajstić information content (AvgIpc) is 2.78. The second-order valence-electron chi connectivity index (χ2n) is 7.07. The number of nitrogens with one attached hydrogen (secondary N) is 1. The molecule has 0 bridgehead atoms. The van der Waals surface area contributed by atoms with Gasteiger partial charge in [0.1, 0.15) is 12.3 Å². The predicted molar refractivity (Wildman–Crippen MR) is 127 cm³/mol. The van der Waals surface area contributed by atoms with Crippen molar-refractivity contribution in [1.29, 1.82) is 0 Å². The van der Waals surface area contributed by atoms with Crippen LogP contribution in [0.1, 0.15) is 18.1 Å². The monoisotopic (exact) mass is 472 g/mol. The third-order valence-electron chi connectivity index (χ3n) is 4.86. The van der Waals surface area contributed by atoms with Gasteiger partial charge in [-0.2, -0.15) is 0 Å². The largest absolute Gasteiger partial charge is 0.492 e. The first-order valence-electron chi connectivity index (χ1n) is 10.1. The van der Waals surface area contributed by atoms with Crippen LogP contribution in [0.2, 0.25) is 5.02 Å². The molecule has 8 heteroatoms. The fraction of sp³-hybridized carbons (Fsp3) is 0.208. The number of anilines is 1. The number of aryl methyl sites for hydroxylation is 1. The maximum absolute atomic E-state index is 13.5. The van der Waals surface area contributed by atoms with Crippen molar-refractivity contribution in [2.24, 2.45) is 0 Å². The number of para-hydroxylation sites is 2. The molecule has 0 aliphatic carbocycles. The summed E-state index contributed by atoms with van der Waals surface area (Å²) in [5, 5.41) is 3.23. The van der Waals surface area contributed by atoms with E-state index < -0.39 is 22.5 Å². The lowest BCUT2D eigenvalue weighted by atomic mass is 10.1. The van der Waals surface area contributed by atoms with Crippen molar-refractivity contribution in [1.82, 2.24) is 5.32 Å². The summed E-state index contributed by atoms with van der Waals surface area (Å²) >= 11 is 5.93. The Balaban J connectivity index is 1.93. The van der Waals surface area contributed by atoms with Gasteiger partial charge in [-0.15, -0.1) is 0 Å². The highest BCUT2D eigenvalue weighted by Gasteiger charge is 2.29. The summed E-state index contributed by atoms with van der Waals surface area (Å²) in [7, 11) is -4.06. The molecule has 3 aromatic carbocycles. The molecule has 3 aromatic rings. The van der Waals surface area contributed by atoms with Gasteiger partial charge >= 0.3 is 0 Å². The number of benzene rings is 3. The summed E-state index contributed by atoms with van der Waals surface area (Å²) in [4.78, 5) is 12.9. The molecule has 0 saturated heterocycles. The maximum atomic E-state index is 13.5. The van der Waals surface area contributed by atoms with Crippen LogP contribution in [0.25, 0.3) is 0 Å². The molecule has 0 fully saturated rings. The average molecular weight is 473 g/mol. The summed E-state index contributed by atoms with van der Waals surface area (Å²) in [6.45, 7) is 4.01. The molecule has 1 amide bonds. The highest BCUT2D eigenvalue weighted by Crippen LogP contribution is 2.32. The second-order valence-corrected chi connectivity index (χ2v) is 9.37. The molecule has 1 N–H and O–H groups in total. The molecule has 0 spiro atoms. The standard InChI is InChI=1S/C24H25ClN2O4S/c1-3-31-23-11-7-6-10-22(23)27(32(29,30)21-14-12-20(25)13-15-21)17-24(28)26-16-19-9-5-4-8-18(19)2/h4-15H,3,16-17H2,1-2H3,(H,26,28). The summed E-state index contributed by atoms with van der Waals surface area (Å²) in [6.07, 6.45) is 0. The summed E-state index contributed by atoms with van der Waals surface area (Å²) in [5.74, 6) is -0.0589. The topological polar surface area (TPSA) is 75.7 Å². The van der Waals surface area contributed by atoms with Crippen LogP contribution in [0.5, 0.6) is 5.75 Å². The molecule has 6 nitrogen and oxygen atoms in total. The highest BCUT2D eigenvalue weighted by atomic mass is 35.5.